The van der Waals surface area contributed by atoms with Crippen LogP contribution in [0, 0.1) is 20.8 Å². The van der Waals surface area contributed by atoms with Crippen LogP contribution in [0.4, 0.5) is 11.4 Å². The summed E-state index contributed by atoms with van der Waals surface area (Å²) in [7, 11) is -3.48. The molecule has 0 saturated carbocycles. The van der Waals surface area contributed by atoms with E-state index in [2.05, 4.69) is 5.32 Å². The van der Waals surface area contributed by atoms with Gasteiger partial charge in [-0.15, -0.1) is 0 Å². The van der Waals surface area contributed by atoms with E-state index in [0.717, 1.165) is 17.4 Å². The summed E-state index contributed by atoms with van der Waals surface area (Å²) in [5.41, 5.74) is 4.23. The van der Waals surface area contributed by atoms with Crippen LogP contribution < -0.4 is 9.62 Å². The SMILES string of the molecule is CCOC(=O)c1cccc(NC(=O)CCCN(c2ccc(C)c(C)c2)S(C)(=O)=O)c1C. The Morgan fingerprint density at radius 2 is 1.77 bits per heavy atom. The van der Waals surface area contributed by atoms with Crippen molar-refractivity contribution in [1.82, 2.24) is 0 Å². The number of ether oxygens (including phenoxy) is 1. The van der Waals surface area contributed by atoms with Gasteiger partial charge in [-0.25, -0.2) is 13.2 Å². The van der Waals surface area contributed by atoms with Crippen LogP contribution >= 0.6 is 0 Å². The molecule has 0 spiro atoms. The highest BCUT2D eigenvalue weighted by Crippen LogP contribution is 2.23. The van der Waals surface area contributed by atoms with Crippen LogP contribution in [-0.4, -0.2) is 39.7 Å². The molecule has 0 aliphatic carbocycles. The molecule has 0 fully saturated rings. The highest BCUT2D eigenvalue weighted by atomic mass is 32.2. The minimum Gasteiger partial charge on any atom is -0.462 e. The van der Waals surface area contributed by atoms with Crippen molar-refractivity contribution in [3.05, 3.63) is 58.7 Å². The van der Waals surface area contributed by atoms with Crippen molar-refractivity contribution in [2.24, 2.45) is 0 Å². The van der Waals surface area contributed by atoms with E-state index in [1.165, 1.54) is 4.31 Å². The number of hydrogen-bond donors (Lipinski definition) is 1. The van der Waals surface area contributed by atoms with E-state index in [4.69, 9.17) is 4.74 Å². The molecule has 0 saturated heterocycles. The summed E-state index contributed by atoms with van der Waals surface area (Å²) in [5.74, 6) is -0.689. The molecule has 1 N–H and O–H groups in total. The third-order valence-electron chi connectivity index (χ3n) is 5.05. The van der Waals surface area contributed by atoms with Crippen LogP contribution in [0.15, 0.2) is 36.4 Å². The zero-order valence-electron chi connectivity index (χ0n) is 18.7. The minimum absolute atomic E-state index is 0.139. The van der Waals surface area contributed by atoms with Crippen molar-refractivity contribution in [3.8, 4) is 0 Å². The maximum Gasteiger partial charge on any atom is 0.338 e. The average Bonchev–Trinajstić information content (AvgIpc) is 2.68. The van der Waals surface area contributed by atoms with Crippen molar-refractivity contribution in [1.29, 1.82) is 0 Å². The largest absolute Gasteiger partial charge is 0.462 e. The van der Waals surface area contributed by atoms with E-state index in [9.17, 15) is 18.0 Å². The van der Waals surface area contributed by atoms with E-state index in [0.29, 0.717) is 28.9 Å². The number of rotatable bonds is 9. The van der Waals surface area contributed by atoms with Crippen LogP contribution in [0.5, 0.6) is 0 Å². The van der Waals surface area contributed by atoms with Gasteiger partial charge < -0.3 is 10.1 Å². The van der Waals surface area contributed by atoms with Gasteiger partial charge in [-0.2, -0.15) is 0 Å². The quantitative estimate of drug-likeness (QED) is 0.588. The van der Waals surface area contributed by atoms with Crippen LogP contribution in [0.25, 0.3) is 0 Å². The van der Waals surface area contributed by atoms with Crippen molar-refractivity contribution in [2.75, 3.05) is 29.0 Å². The first-order valence-corrected chi connectivity index (χ1v) is 12.0. The molecule has 2 rings (SSSR count). The first kappa shape index (κ1) is 24.4. The number of carbonyl (C=O) groups excluding carboxylic acids is 2. The van der Waals surface area contributed by atoms with E-state index < -0.39 is 16.0 Å². The monoisotopic (exact) mass is 446 g/mol. The van der Waals surface area contributed by atoms with Gasteiger partial charge in [0.25, 0.3) is 0 Å². The van der Waals surface area contributed by atoms with Crippen molar-refractivity contribution in [2.45, 2.75) is 40.5 Å². The second-order valence-corrected chi connectivity index (χ2v) is 9.36. The Balaban J connectivity index is 2.04. The van der Waals surface area contributed by atoms with Crippen LogP contribution in [0.3, 0.4) is 0 Å². The smallest absolute Gasteiger partial charge is 0.338 e. The van der Waals surface area contributed by atoms with Crippen molar-refractivity contribution >= 4 is 33.3 Å². The molecule has 7 nitrogen and oxygen atoms in total. The number of anilines is 2. The molecule has 2 aromatic carbocycles. The highest BCUT2D eigenvalue weighted by molar-refractivity contribution is 7.92. The van der Waals surface area contributed by atoms with Gasteiger partial charge in [-0.05, 0) is 75.1 Å². The fraction of sp³-hybridized carbons (Fsp3) is 0.391. The molecule has 2 aromatic rings. The Kier molecular flexibility index (Phi) is 8.21. The van der Waals surface area contributed by atoms with Crippen molar-refractivity contribution in [3.63, 3.8) is 0 Å². The number of esters is 1. The summed E-state index contributed by atoms with van der Waals surface area (Å²) in [6, 6.07) is 10.5. The van der Waals surface area contributed by atoms with Gasteiger partial charge >= 0.3 is 5.97 Å². The zero-order chi connectivity index (χ0) is 23.2. The van der Waals surface area contributed by atoms with E-state index in [-0.39, 0.29) is 25.5 Å². The molecule has 0 radical (unpaired) electrons. The molecular formula is C23H30N2O5S. The van der Waals surface area contributed by atoms with Crippen LogP contribution in [-0.2, 0) is 19.6 Å². The normalized spacial score (nSPS) is 11.1. The number of hydrogen-bond acceptors (Lipinski definition) is 5. The van der Waals surface area contributed by atoms with E-state index >= 15 is 0 Å². The Bertz CT molecular complexity index is 1060. The lowest BCUT2D eigenvalue weighted by molar-refractivity contribution is -0.116. The minimum atomic E-state index is -3.48. The summed E-state index contributed by atoms with van der Waals surface area (Å²) >= 11 is 0. The highest BCUT2D eigenvalue weighted by Gasteiger charge is 2.19. The lowest BCUT2D eigenvalue weighted by atomic mass is 10.1. The lowest BCUT2D eigenvalue weighted by Gasteiger charge is -2.23. The molecule has 0 bridgehead atoms. The third kappa shape index (κ3) is 6.55. The molecule has 0 aromatic heterocycles. The van der Waals surface area contributed by atoms with Gasteiger partial charge in [-0.3, -0.25) is 9.10 Å². The molecule has 1 amide bonds. The third-order valence-corrected chi connectivity index (χ3v) is 6.24. The topological polar surface area (TPSA) is 92.8 Å². The number of aryl methyl sites for hydroxylation is 2. The van der Waals surface area contributed by atoms with Gasteiger partial charge in [0.2, 0.25) is 15.9 Å². The zero-order valence-corrected chi connectivity index (χ0v) is 19.5. The van der Waals surface area contributed by atoms with Crippen LogP contribution in [0.1, 0.15) is 46.8 Å². The molecule has 31 heavy (non-hydrogen) atoms. The average molecular weight is 447 g/mol. The van der Waals surface area contributed by atoms with Crippen molar-refractivity contribution < 1.29 is 22.7 Å². The first-order valence-electron chi connectivity index (χ1n) is 10.2. The predicted octanol–water partition coefficient (Wildman–Crippen LogP) is 3.97. The molecule has 8 heteroatoms. The second-order valence-electron chi connectivity index (χ2n) is 7.45. The first-order chi connectivity index (χ1) is 14.5. The summed E-state index contributed by atoms with van der Waals surface area (Å²) in [5, 5.41) is 2.80. The molecule has 0 unspecified atom stereocenters. The number of carbonyl (C=O) groups is 2. The Morgan fingerprint density at radius 3 is 2.39 bits per heavy atom. The number of sulfonamides is 1. The lowest BCUT2D eigenvalue weighted by Crippen LogP contribution is -2.31. The van der Waals surface area contributed by atoms with E-state index in [1.54, 1.807) is 38.1 Å². The maximum atomic E-state index is 12.4. The Labute approximate surface area is 184 Å². The van der Waals surface area contributed by atoms with Gasteiger partial charge in [0.05, 0.1) is 24.1 Å². The van der Waals surface area contributed by atoms with Gasteiger partial charge in [0.1, 0.15) is 0 Å². The number of amides is 1. The fourth-order valence-electron chi connectivity index (χ4n) is 3.16. The maximum absolute atomic E-state index is 12.4. The molecule has 168 valence electrons. The summed E-state index contributed by atoms with van der Waals surface area (Å²) in [6.45, 7) is 7.83. The van der Waals surface area contributed by atoms with Gasteiger partial charge in [0.15, 0.2) is 0 Å². The molecule has 0 heterocycles. The summed E-state index contributed by atoms with van der Waals surface area (Å²) in [6.07, 6.45) is 1.65. The molecule has 0 atom stereocenters. The summed E-state index contributed by atoms with van der Waals surface area (Å²) < 4.78 is 30.9. The summed E-state index contributed by atoms with van der Waals surface area (Å²) in [4.78, 5) is 24.5. The van der Waals surface area contributed by atoms with E-state index in [1.807, 2.05) is 26.0 Å². The number of benzene rings is 2. The molecule has 0 aliphatic rings. The fourth-order valence-corrected chi connectivity index (χ4v) is 4.12. The molecule has 0 aliphatic heterocycles. The number of nitrogens with one attached hydrogen (secondary N) is 1. The predicted molar refractivity (Wildman–Crippen MR) is 123 cm³/mol. The van der Waals surface area contributed by atoms with Gasteiger partial charge in [-0.1, -0.05) is 12.1 Å². The second kappa shape index (κ2) is 10.4. The Morgan fingerprint density at radius 1 is 1.06 bits per heavy atom. The standard InChI is InChI=1S/C23H30N2O5S/c1-6-30-23(27)20-9-7-10-21(18(20)4)24-22(26)11-8-14-25(31(5,28)29)19-13-12-16(2)17(3)15-19/h7,9-10,12-13,15H,6,8,11,14H2,1-5H3,(H,24,26). The van der Waals surface area contributed by atoms with Crippen LogP contribution in [0.2, 0.25) is 0 Å². The van der Waals surface area contributed by atoms with Gasteiger partial charge in [0, 0.05) is 18.7 Å². The number of nitrogens with zero attached hydrogens (tertiary/aromatic N) is 1. The Hall–Kier alpha value is -2.87. The molecular weight excluding hydrogens is 416 g/mol.